The highest BCUT2D eigenvalue weighted by Gasteiger charge is 2.07. The lowest BCUT2D eigenvalue weighted by Crippen LogP contribution is -2.23. The molecule has 0 radical (unpaired) electrons. The van der Waals surface area contributed by atoms with Crippen LogP contribution in [-0.2, 0) is 6.54 Å². The molecule has 3 N–H and O–H groups in total. The highest BCUT2D eigenvalue weighted by Crippen LogP contribution is 2.29. The first-order chi connectivity index (χ1) is 12.5. The third-order valence-corrected chi connectivity index (χ3v) is 3.42. The third kappa shape index (κ3) is 5.54. The van der Waals surface area contributed by atoms with Gasteiger partial charge in [0.05, 0.1) is 32.6 Å². The molecule has 140 valence electrons. The average molecular weight is 361 g/mol. The van der Waals surface area contributed by atoms with E-state index in [2.05, 4.69) is 10.3 Å². The van der Waals surface area contributed by atoms with Gasteiger partial charge in [0.25, 0.3) is 0 Å². The maximum Gasteiger partial charge on any atom is 0.193 e. The fraction of sp³-hybridized carbons (Fsp3) is 0.316. The number of nitrogens with one attached hydrogen (secondary N) is 1. The highest BCUT2D eigenvalue weighted by molar-refractivity contribution is 5.94. The number of halogens is 1. The molecule has 0 aliphatic carbocycles. The number of methoxy groups -OCH3 is 1. The summed E-state index contributed by atoms with van der Waals surface area (Å²) in [5.41, 5.74) is 7.27. The molecular weight excluding hydrogens is 337 g/mol. The van der Waals surface area contributed by atoms with Crippen LogP contribution in [0.25, 0.3) is 0 Å². The molecule has 0 aliphatic rings. The molecule has 0 fully saturated rings. The first-order valence-corrected chi connectivity index (χ1v) is 8.35. The van der Waals surface area contributed by atoms with Gasteiger partial charge in [0.2, 0.25) is 0 Å². The van der Waals surface area contributed by atoms with Crippen LogP contribution < -0.4 is 25.3 Å². The Morgan fingerprint density at radius 3 is 2.54 bits per heavy atom. The summed E-state index contributed by atoms with van der Waals surface area (Å²) in [6, 6.07) is 9.83. The molecule has 0 aromatic heterocycles. The van der Waals surface area contributed by atoms with Gasteiger partial charge >= 0.3 is 0 Å². The van der Waals surface area contributed by atoms with Crippen LogP contribution in [0.4, 0.5) is 10.1 Å². The number of hydrogen-bond acceptors (Lipinski definition) is 4. The van der Waals surface area contributed by atoms with Crippen LogP contribution >= 0.6 is 0 Å². The van der Waals surface area contributed by atoms with Crippen molar-refractivity contribution in [2.75, 3.05) is 25.6 Å². The largest absolute Gasteiger partial charge is 0.497 e. The van der Waals surface area contributed by atoms with Crippen LogP contribution in [0.2, 0.25) is 0 Å². The van der Waals surface area contributed by atoms with Gasteiger partial charge < -0.3 is 25.3 Å². The molecule has 2 rings (SSSR count). The third-order valence-electron chi connectivity index (χ3n) is 3.42. The molecule has 0 amide bonds. The lowest BCUT2D eigenvalue weighted by atomic mass is 10.2. The molecule has 0 saturated carbocycles. The summed E-state index contributed by atoms with van der Waals surface area (Å²) < 4.78 is 29.7. The summed E-state index contributed by atoms with van der Waals surface area (Å²) in [6.45, 7) is 5.09. The number of benzene rings is 2. The van der Waals surface area contributed by atoms with E-state index in [1.807, 2.05) is 26.0 Å². The van der Waals surface area contributed by atoms with Crippen molar-refractivity contribution in [3.05, 3.63) is 47.8 Å². The number of hydrogen-bond donors (Lipinski definition) is 2. The van der Waals surface area contributed by atoms with Gasteiger partial charge in [0.15, 0.2) is 5.96 Å². The predicted octanol–water partition coefficient (Wildman–Crippen LogP) is 3.56. The molecule has 0 spiro atoms. The normalized spacial score (nSPS) is 11.2. The lowest BCUT2D eigenvalue weighted by Gasteiger charge is -2.14. The first kappa shape index (κ1) is 19.4. The van der Waals surface area contributed by atoms with E-state index in [-0.39, 0.29) is 18.3 Å². The van der Waals surface area contributed by atoms with E-state index < -0.39 is 0 Å². The highest BCUT2D eigenvalue weighted by atomic mass is 19.1. The minimum atomic E-state index is -0.385. The van der Waals surface area contributed by atoms with E-state index in [9.17, 15) is 4.39 Å². The zero-order valence-corrected chi connectivity index (χ0v) is 15.2. The number of ether oxygens (including phenoxy) is 3. The Morgan fingerprint density at radius 1 is 1.08 bits per heavy atom. The Hall–Kier alpha value is -2.96. The van der Waals surface area contributed by atoms with Crippen molar-refractivity contribution in [3.8, 4) is 17.2 Å². The summed E-state index contributed by atoms with van der Waals surface area (Å²) >= 11 is 0. The van der Waals surface area contributed by atoms with Crippen molar-refractivity contribution in [1.82, 2.24) is 0 Å². The Kier molecular flexibility index (Phi) is 7.08. The second kappa shape index (κ2) is 9.50. The molecular formula is C19H24FN3O3. The Balaban J connectivity index is 2.14. The van der Waals surface area contributed by atoms with Gasteiger partial charge in [-0.05, 0) is 43.7 Å². The second-order valence-corrected chi connectivity index (χ2v) is 5.35. The van der Waals surface area contributed by atoms with E-state index in [4.69, 9.17) is 19.9 Å². The Morgan fingerprint density at radius 2 is 1.85 bits per heavy atom. The SMILES string of the molecule is CCOc1ccc(OCC)c(NC(N)=NCc2cc(F)cc(OC)c2)c1. The summed E-state index contributed by atoms with van der Waals surface area (Å²) in [6.07, 6.45) is 0. The maximum absolute atomic E-state index is 13.5. The van der Waals surface area contributed by atoms with Crippen LogP contribution in [-0.4, -0.2) is 26.3 Å². The standard InChI is InChI=1S/C19H24FN3O3/c1-4-25-15-6-7-18(26-5-2)17(11-15)23-19(21)22-12-13-8-14(20)10-16(9-13)24-3/h6-11H,4-5,12H2,1-3H3,(H3,21,22,23). The maximum atomic E-state index is 13.5. The van der Waals surface area contributed by atoms with Crippen molar-refractivity contribution in [3.63, 3.8) is 0 Å². The van der Waals surface area contributed by atoms with Gasteiger partial charge in [0.1, 0.15) is 23.1 Å². The zero-order valence-electron chi connectivity index (χ0n) is 15.2. The van der Waals surface area contributed by atoms with Gasteiger partial charge in [-0.2, -0.15) is 0 Å². The molecule has 7 heteroatoms. The number of aliphatic imine (C=N–C) groups is 1. The number of nitrogens with two attached hydrogens (primary N) is 1. The van der Waals surface area contributed by atoms with Crippen LogP contribution in [0.15, 0.2) is 41.4 Å². The molecule has 0 saturated heterocycles. The zero-order chi connectivity index (χ0) is 18.9. The fourth-order valence-electron chi connectivity index (χ4n) is 2.33. The molecule has 0 bridgehead atoms. The molecule has 26 heavy (non-hydrogen) atoms. The summed E-state index contributed by atoms with van der Waals surface area (Å²) in [7, 11) is 1.48. The molecule has 0 heterocycles. The topological polar surface area (TPSA) is 78.1 Å². The van der Waals surface area contributed by atoms with Gasteiger partial charge in [-0.1, -0.05) is 0 Å². The van der Waals surface area contributed by atoms with Crippen molar-refractivity contribution in [2.24, 2.45) is 10.7 Å². The van der Waals surface area contributed by atoms with Gasteiger partial charge in [-0.3, -0.25) is 0 Å². The van der Waals surface area contributed by atoms with Crippen molar-refractivity contribution in [2.45, 2.75) is 20.4 Å². The monoisotopic (exact) mass is 361 g/mol. The fourth-order valence-corrected chi connectivity index (χ4v) is 2.33. The molecule has 6 nitrogen and oxygen atoms in total. The number of nitrogens with zero attached hydrogens (tertiary/aromatic N) is 1. The molecule has 2 aromatic carbocycles. The minimum Gasteiger partial charge on any atom is -0.497 e. The average Bonchev–Trinajstić information content (AvgIpc) is 2.62. The number of rotatable bonds is 8. The number of anilines is 1. The van der Waals surface area contributed by atoms with E-state index in [1.165, 1.54) is 19.2 Å². The van der Waals surface area contributed by atoms with E-state index in [0.717, 1.165) is 0 Å². The smallest absolute Gasteiger partial charge is 0.193 e. The molecule has 2 aromatic rings. The van der Waals surface area contributed by atoms with Crippen molar-refractivity contribution in [1.29, 1.82) is 0 Å². The van der Waals surface area contributed by atoms with E-state index >= 15 is 0 Å². The molecule has 0 unspecified atom stereocenters. The van der Waals surface area contributed by atoms with E-state index in [0.29, 0.717) is 41.7 Å². The Labute approximate surface area is 152 Å². The quantitative estimate of drug-likeness (QED) is 0.555. The summed E-state index contributed by atoms with van der Waals surface area (Å²) in [5, 5.41) is 3.01. The van der Waals surface area contributed by atoms with Gasteiger partial charge in [-0.15, -0.1) is 0 Å². The van der Waals surface area contributed by atoms with E-state index in [1.54, 1.807) is 12.1 Å². The lowest BCUT2D eigenvalue weighted by molar-refractivity contribution is 0.332. The van der Waals surface area contributed by atoms with Crippen LogP contribution in [0.5, 0.6) is 17.2 Å². The second-order valence-electron chi connectivity index (χ2n) is 5.35. The van der Waals surface area contributed by atoms with Crippen molar-refractivity contribution >= 4 is 11.6 Å². The van der Waals surface area contributed by atoms with Crippen LogP contribution in [0.1, 0.15) is 19.4 Å². The Bertz CT molecular complexity index is 766. The summed E-state index contributed by atoms with van der Waals surface area (Å²) in [5.74, 6) is 1.57. The van der Waals surface area contributed by atoms with Gasteiger partial charge in [-0.25, -0.2) is 9.38 Å². The molecule has 0 atom stereocenters. The number of guanidine groups is 1. The molecule has 0 aliphatic heterocycles. The first-order valence-electron chi connectivity index (χ1n) is 8.35. The van der Waals surface area contributed by atoms with Crippen LogP contribution in [0, 0.1) is 5.82 Å². The van der Waals surface area contributed by atoms with Crippen LogP contribution in [0.3, 0.4) is 0 Å². The summed E-state index contributed by atoms with van der Waals surface area (Å²) in [4.78, 5) is 4.25. The van der Waals surface area contributed by atoms with Gasteiger partial charge in [0, 0.05) is 12.1 Å². The van der Waals surface area contributed by atoms with Crippen molar-refractivity contribution < 1.29 is 18.6 Å². The minimum absolute atomic E-state index is 0.183. The predicted molar refractivity (Wildman–Crippen MR) is 101 cm³/mol.